The molecule has 0 unspecified atom stereocenters. The third-order valence-electron chi connectivity index (χ3n) is 2.76. The Kier molecular flexibility index (Phi) is 5.86. The molecule has 0 bridgehead atoms. The van der Waals surface area contributed by atoms with Crippen LogP contribution in [0.1, 0.15) is 39.4 Å². The quantitative estimate of drug-likeness (QED) is 0.736. The van der Waals surface area contributed by atoms with Gasteiger partial charge in [0.1, 0.15) is 9.34 Å². The molecule has 0 saturated heterocycles. The smallest absolute Gasteiger partial charge is 0.341 e. The van der Waals surface area contributed by atoms with Crippen molar-refractivity contribution in [2.24, 2.45) is 0 Å². The predicted molar refractivity (Wildman–Crippen MR) is 91.9 cm³/mol. The maximum absolute atomic E-state index is 12.3. The van der Waals surface area contributed by atoms with Gasteiger partial charge in [-0.05, 0) is 25.5 Å². The Balaban J connectivity index is 2.28. The van der Waals surface area contributed by atoms with E-state index in [9.17, 15) is 9.59 Å². The lowest BCUT2D eigenvalue weighted by Crippen LogP contribution is -2.13. The molecule has 4 nitrogen and oxygen atoms in total. The summed E-state index contributed by atoms with van der Waals surface area (Å²) in [7, 11) is 0. The molecule has 118 valence electrons. The summed E-state index contributed by atoms with van der Waals surface area (Å²) in [5.41, 5.74) is 0.646. The average Bonchev–Trinajstić information content (AvgIpc) is 3.02. The minimum Gasteiger partial charge on any atom is -0.462 e. The Labute approximate surface area is 146 Å². The summed E-state index contributed by atoms with van der Waals surface area (Å²) in [6.45, 7) is 3.98. The number of ether oxygens (including phenoxy) is 1. The number of nitrogens with one attached hydrogen (secondary N) is 1. The molecule has 2 aromatic heterocycles. The highest BCUT2D eigenvalue weighted by Crippen LogP contribution is 2.34. The number of halogens is 2. The molecule has 0 fully saturated rings. The zero-order valence-electron chi connectivity index (χ0n) is 11.9. The van der Waals surface area contributed by atoms with E-state index in [1.165, 1.54) is 17.4 Å². The van der Waals surface area contributed by atoms with E-state index < -0.39 is 11.9 Å². The largest absolute Gasteiger partial charge is 0.462 e. The number of anilines is 1. The number of amides is 1. The number of esters is 1. The molecule has 0 aromatic carbocycles. The fourth-order valence-electron chi connectivity index (χ4n) is 1.74. The van der Waals surface area contributed by atoms with Gasteiger partial charge in [-0.1, -0.05) is 30.1 Å². The van der Waals surface area contributed by atoms with Crippen molar-refractivity contribution in [1.29, 1.82) is 0 Å². The van der Waals surface area contributed by atoms with E-state index in [4.69, 9.17) is 27.9 Å². The molecule has 1 N–H and O–H groups in total. The lowest BCUT2D eigenvalue weighted by molar-refractivity contribution is 0.0528. The summed E-state index contributed by atoms with van der Waals surface area (Å²) >= 11 is 14.3. The first kappa shape index (κ1) is 17.3. The van der Waals surface area contributed by atoms with Crippen LogP contribution < -0.4 is 5.32 Å². The van der Waals surface area contributed by atoms with Crippen LogP contribution in [0.5, 0.6) is 0 Å². The van der Waals surface area contributed by atoms with Gasteiger partial charge in [-0.15, -0.1) is 22.7 Å². The van der Waals surface area contributed by atoms with Crippen molar-refractivity contribution in [2.75, 3.05) is 11.9 Å². The van der Waals surface area contributed by atoms with E-state index >= 15 is 0 Å². The van der Waals surface area contributed by atoms with Gasteiger partial charge in [-0.2, -0.15) is 0 Å². The van der Waals surface area contributed by atoms with Gasteiger partial charge in [0.05, 0.1) is 22.1 Å². The van der Waals surface area contributed by atoms with Crippen molar-refractivity contribution < 1.29 is 14.3 Å². The van der Waals surface area contributed by atoms with Crippen molar-refractivity contribution in [1.82, 2.24) is 0 Å². The first-order chi connectivity index (χ1) is 10.5. The number of hydrogen-bond donors (Lipinski definition) is 1. The van der Waals surface area contributed by atoms with Crippen molar-refractivity contribution in [3.63, 3.8) is 0 Å². The van der Waals surface area contributed by atoms with Crippen LogP contribution in [0.2, 0.25) is 8.67 Å². The van der Waals surface area contributed by atoms with Crippen molar-refractivity contribution in [2.45, 2.75) is 20.3 Å². The maximum Gasteiger partial charge on any atom is 0.341 e. The number of hydrogen-bond acceptors (Lipinski definition) is 5. The molecular formula is C14H13Cl2NO3S2. The first-order valence-corrected chi connectivity index (χ1v) is 8.91. The number of thiophene rings is 2. The van der Waals surface area contributed by atoms with Gasteiger partial charge in [0.15, 0.2) is 0 Å². The van der Waals surface area contributed by atoms with Crippen molar-refractivity contribution in [3.8, 4) is 0 Å². The monoisotopic (exact) mass is 377 g/mol. The fourth-order valence-corrected chi connectivity index (χ4v) is 4.17. The Morgan fingerprint density at radius 3 is 2.45 bits per heavy atom. The highest BCUT2D eigenvalue weighted by molar-refractivity contribution is 7.20. The van der Waals surface area contributed by atoms with E-state index in [2.05, 4.69) is 5.32 Å². The lowest BCUT2D eigenvalue weighted by atomic mass is 10.2. The molecular weight excluding hydrogens is 365 g/mol. The molecule has 0 spiro atoms. The van der Waals surface area contributed by atoms with Crippen LogP contribution >= 0.6 is 45.9 Å². The Bertz CT molecular complexity index is 709. The normalized spacial score (nSPS) is 10.5. The maximum atomic E-state index is 12.3. The van der Waals surface area contributed by atoms with Crippen LogP contribution in [-0.4, -0.2) is 18.5 Å². The van der Waals surface area contributed by atoms with Gasteiger partial charge in [0, 0.05) is 4.88 Å². The van der Waals surface area contributed by atoms with Gasteiger partial charge in [0.25, 0.3) is 5.91 Å². The molecule has 0 radical (unpaired) electrons. The molecule has 2 rings (SSSR count). The van der Waals surface area contributed by atoms with Crippen molar-refractivity contribution in [3.05, 3.63) is 36.8 Å². The number of carbonyl (C=O) groups is 2. The molecule has 22 heavy (non-hydrogen) atoms. The molecule has 0 aliphatic carbocycles. The summed E-state index contributed by atoms with van der Waals surface area (Å²) in [4.78, 5) is 25.2. The highest BCUT2D eigenvalue weighted by Gasteiger charge is 2.21. The van der Waals surface area contributed by atoms with E-state index in [0.29, 0.717) is 19.2 Å². The van der Waals surface area contributed by atoms with Crippen LogP contribution in [0.25, 0.3) is 0 Å². The molecule has 0 aliphatic heterocycles. The van der Waals surface area contributed by atoms with Crippen molar-refractivity contribution >= 4 is 62.8 Å². The highest BCUT2D eigenvalue weighted by atomic mass is 35.5. The summed E-state index contributed by atoms with van der Waals surface area (Å²) in [6, 6.07) is 3.24. The van der Waals surface area contributed by atoms with E-state index in [-0.39, 0.29) is 12.2 Å². The third kappa shape index (κ3) is 3.81. The van der Waals surface area contributed by atoms with E-state index in [1.807, 2.05) is 6.92 Å². The summed E-state index contributed by atoms with van der Waals surface area (Å²) in [5, 5.41) is 3.17. The standard InChI is InChI=1S/C14H13Cl2NO3S2/c1-3-7-5-9(14(19)20-4-2)13(21-7)17-12(18)8-6-10(15)22-11(8)16/h5-6H,3-4H2,1-2H3,(H,17,18). The second-order valence-electron chi connectivity index (χ2n) is 4.22. The first-order valence-electron chi connectivity index (χ1n) is 6.52. The minimum atomic E-state index is -0.455. The van der Waals surface area contributed by atoms with Gasteiger partial charge in [0.2, 0.25) is 0 Å². The number of rotatable bonds is 5. The van der Waals surface area contributed by atoms with Gasteiger partial charge in [-0.25, -0.2) is 4.79 Å². The minimum absolute atomic E-state index is 0.273. The van der Waals surface area contributed by atoms with Crippen LogP contribution in [0.4, 0.5) is 5.00 Å². The zero-order chi connectivity index (χ0) is 16.3. The van der Waals surface area contributed by atoms with E-state index in [1.54, 1.807) is 13.0 Å². The molecule has 8 heteroatoms. The second kappa shape index (κ2) is 7.46. The third-order valence-corrected chi connectivity index (χ3v) is 5.44. The average molecular weight is 378 g/mol. The summed E-state index contributed by atoms with van der Waals surface area (Å²) in [6.07, 6.45) is 0.762. The van der Waals surface area contributed by atoms with Gasteiger partial charge < -0.3 is 10.1 Å². The molecule has 2 aromatic rings. The Morgan fingerprint density at radius 1 is 1.18 bits per heavy atom. The van der Waals surface area contributed by atoms with Crippen LogP contribution in [0.3, 0.4) is 0 Å². The van der Waals surface area contributed by atoms with Crippen LogP contribution in [0, 0.1) is 0 Å². The summed E-state index contributed by atoms with van der Waals surface area (Å²) in [5.74, 6) is -0.855. The van der Waals surface area contributed by atoms with Gasteiger partial charge >= 0.3 is 5.97 Å². The molecule has 2 heterocycles. The zero-order valence-corrected chi connectivity index (χ0v) is 15.0. The SMILES string of the molecule is CCOC(=O)c1cc(CC)sc1NC(=O)c1cc(Cl)sc1Cl. The van der Waals surface area contributed by atoms with Crippen LogP contribution in [0.15, 0.2) is 12.1 Å². The topological polar surface area (TPSA) is 55.4 Å². The van der Waals surface area contributed by atoms with Crippen LogP contribution in [-0.2, 0) is 11.2 Å². The number of aryl methyl sites for hydroxylation is 1. The molecule has 1 amide bonds. The predicted octanol–water partition coefficient (Wildman–Crippen LogP) is 5.11. The summed E-state index contributed by atoms with van der Waals surface area (Å²) < 4.78 is 5.76. The van der Waals surface area contributed by atoms with E-state index in [0.717, 1.165) is 22.6 Å². The van der Waals surface area contributed by atoms with Gasteiger partial charge in [-0.3, -0.25) is 4.79 Å². The Hall–Kier alpha value is -1.08. The molecule has 0 saturated carbocycles. The lowest BCUT2D eigenvalue weighted by Gasteiger charge is -2.05. The fraction of sp³-hybridized carbons (Fsp3) is 0.286. The Morgan fingerprint density at radius 2 is 1.91 bits per heavy atom. The second-order valence-corrected chi connectivity index (χ2v) is 7.64. The molecule has 0 aliphatic rings. The molecule has 0 atom stereocenters. The number of carbonyl (C=O) groups excluding carboxylic acids is 2.